The number of halogens is 1. The maximum Gasteiger partial charge on any atom is 0.0410 e. The van der Waals surface area contributed by atoms with Gasteiger partial charge in [0.25, 0.3) is 0 Å². The van der Waals surface area contributed by atoms with Gasteiger partial charge in [-0.05, 0) is 78.2 Å². The highest BCUT2D eigenvalue weighted by Crippen LogP contribution is 2.34. The van der Waals surface area contributed by atoms with Crippen molar-refractivity contribution in [2.45, 2.75) is 39.0 Å². The van der Waals surface area contributed by atoms with Gasteiger partial charge in [0.1, 0.15) is 0 Å². The van der Waals surface area contributed by atoms with Crippen molar-refractivity contribution in [1.82, 2.24) is 10.3 Å². The highest BCUT2D eigenvalue weighted by molar-refractivity contribution is 9.10. The Hall–Kier alpha value is -0.410. The second-order valence-corrected chi connectivity index (χ2v) is 6.29. The largest absolute Gasteiger partial charge is 0.316 e. The summed E-state index contributed by atoms with van der Waals surface area (Å²) >= 11 is 3.50. The first-order valence-corrected chi connectivity index (χ1v) is 7.89. The molecule has 2 rings (SSSR count). The lowest BCUT2D eigenvalue weighted by atomic mass is 9.90. The molecule has 1 aromatic rings. The van der Waals surface area contributed by atoms with Crippen molar-refractivity contribution >= 4 is 15.9 Å². The van der Waals surface area contributed by atoms with E-state index < -0.39 is 0 Å². The van der Waals surface area contributed by atoms with Crippen LogP contribution in [-0.4, -0.2) is 18.1 Å². The van der Waals surface area contributed by atoms with Crippen LogP contribution in [0.3, 0.4) is 0 Å². The fourth-order valence-electron chi connectivity index (χ4n) is 2.99. The molecular weight excluding hydrogens is 288 g/mol. The number of aromatic nitrogens is 1. The molecule has 0 aliphatic heterocycles. The minimum atomic E-state index is 0.838. The number of nitrogens with one attached hydrogen (secondary N) is 1. The molecule has 0 amide bonds. The van der Waals surface area contributed by atoms with Crippen LogP contribution in [-0.2, 0) is 6.42 Å². The van der Waals surface area contributed by atoms with Crippen molar-refractivity contribution in [1.29, 1.82) is 0 Å². The highest BCUT2D eigenvalue weighted by atomic mass is 79.9. The van der Waals surface area contributed by atoms with Crippen LogP contribution in [0, 0.1) is 11.8 Å². The molecule has 0 spiro atoms. The molecule has 0 saturated heterocycles. The Morgan fingerprint density at radius 1 is 1.33 bits per heavy atom. The average Bonchev–Trinajstić information content (AvgIpc) is 2.77. The van der Waals surface area contributed by atoms with Crippen LogP contribution in [0.4, 0.5) is 0 Å². The topological polar surface area (TPSA) is 24.9 Å². The van der Waals surface area contributed by atoms with Gasteiger partial charge in [0, 0.05) is 16.9 Å². The Labute approximate surface area is 119 Å². The van der Waals surface area contributed by atoms with Crippen molar-refractivity contribution in [3.8, 4) is 0 Å². The molecule has 18 heavy (non-hydrogen) atoms. The lowest BCUT2D eigenvalue weighted by Gasteiger charge is -2.20. The van der Waals surface area contributed by atoms with Gasteiger partial charge in [-0.3, -0.25) is 4.98 Å². The molecule has 1 aromatic heterocycles. The molecule has 1 aliphatic carbocycles. The number of pyridine rings is 1. The molecule has 1 heterocycles. The standard InChI is InChI=1S/C15H23BrN2/c1-2-6-17-10-14-5-3-4-13(14)7-12-8-15(16)11-18-9-12/h8-9,11,13-14,17H,2-7,10H2,1H3. The van der Waals surface area contributed by atoms with Gasteiger partial charge in [0.2, 0.25) is 0 Å². The van der Waals surface area contributed by atoms with E-state index >= 15 is 0 Å². The van der Waals surface area contributed by atoms with Gasteiger partial charge in [0.05, 0.1) is 0 Å². The third-order valence-electron chi connectivity index (χ3n) is 3.91. The summed E-state index contributed by atoms with van der Waals surface area (Å²) < 4.78 is 1.10. The van der Waals surface area contributed by atoms with Gasteiger partial charge in [-0.15, -0.1) is 0 Å². The second-order valence-electron chi connectivity index (χ2n) is 5.37. The zero-order chi connectivity index (χ0) is 12.8. The van der Waals surface area contributed by atoms with Gasteiger partial charge < -0.3 is 5.32 Å². The predicted molar refractivity (Wildman–Crippen MR) is 79.6 cm³/mol. The molecule has 2 nitrogen and oxygen atoms in total. The molecule has 2 atom stereocenters. The minimum Gasteiger partial charge on any atom is -0.316 e. The SMILES string of the molecule is CCCNCC1CCCC1Cc1cncc(Br)c1. The van der Waals surface area contributed by atoms with Gasteiger partial charge >= 0.3 is 0 Å². The van der Waals surface area contributed by atoms with Crippen LogP contribution < -0.4 is 5.32 Å². The minimum absolute atomic E-state index is 0.838. The summed E-state index contributed by atoms with van der Waals surface area (Å²) in [5.41, 5.74) is 1.37. The molecule has 100 valence electrons. The lowest BCUT2D eigenvalue weighted by Crippen LogP contribution is -2.26. The zero-order valence-electron chi connectivity index (χ0n) is 11.2. The maximum atomic E-state index is 4.26. The highest BCUT2D eigenvalue weighted by Gasteiger charge is 2.26. The Kier molecular flexibility index (Phi) is 5.64. The molecule has 3 heteroatoms. The normalized spacial score (nSPS) is 23.4. The number of rotatable bonds is 6. The molecule has 0 radical (unpaired) electrons. The first kappa shape index (κ1) is 14.0. The van der Waals surface area contributed by atoms with Crippen LogP contribution in [0.2, 0.25) is 0 Å². The maximum absolute atomic E-state index is 4.26. The lowest BCUT2D eigenvalue weighted by molar-refractivity contribution is 0.365. The van der Waals surface area contributed by atoms with Crippen LogP contribution in [0.5, 0.6) is 0 Å². The van der Waals surface area contributed by atoms with Crippen molar-refractivity contribution < 1.29 is 0 Å². The third kappa shape index (κ3) is 4.06. The first-order chi connectivity index (χ1) is 8.79. The van der Waals surface area contributed by atoms with Crippen LogP contribution >= 0.6 is 15.9 Å². The molecule has 1 N–H and O–H groups in total. The van der Waals surface area contributed by atoms with Crippen LogP contribution in [0.15, 0.2) is 22.9 Å². The van der Waals surface area contributed by atoms with E-state index in [1.807, 2.05) is 12.4 Å². The summed E-state index contributed by atoms with van der Waals surface area (Å²) in [6, 6.07) is 2.21. The first-order valence-electron chi connectivity index (χ1n) is 7.09. The predicted octanol–water partition coefficient (Wildman–Crippen LogP) is 3.80. The van der Waals surface area contributed by atoms with E-state index in [0.717, 1.165) is 22.9 Å². The fraction of sp³-hybridized carbons (Fsp3) is 0.667. The molecule has 1 aliphatic rings. The Bertz CT molecular complexity index is 367. The van der Waals surface area contributed by atoms with Crippen LogP contribution in [0.1, 0.15) is 38.2 Å². The van der Waals surface area contributed by atoms with E-state index in [4.69, 9.17) is 0 Å². The summed E-state index contributed by atoms with van der Waals surface area (Å²) in [7, 11) is 0. The second kappa shape index (κ2) is 7.25. The molecular formula is C15H23BrN2. The molecule has 1 saturated carbocycles. The van der Waals surface area contributed by atoms with E-state index in [1.54, 1.807) is 0 Å². The Balaban J connectivity index is 1.87. The third-order valence-corrected chi connectivity index (χ3v) is 4.34. The van der Waals surface area contributed by atoms with Crippen molar-refractivity contribution in [2.24, 2.45) is 11.8 Å². The zero-order valence-corrected chi connectivity index (χ0v) is 12.7. The Morgan fingerprint density at radius 2 is 2.17 bits per heavy atom. The van der Waals surface area contributed by atoms with E-state index in [-0.39, 0.29) is 0 Å². The van der Waals surface area contributed by atoms with Gasteiger partial charge in [-0.25, -0.2) is 0 Å². The van der Waals surface area contributed by atoms with E-state index in [1.165, 1.54) is 44.2 Å². The fourth-order valence-corrected chi connectivity index (χ4v) is 3.40. The number of nitrogens with zero attached hydrogens (tertiary/aromatic N) is 1. The molecule has 0 bridgehead atoms. The van der Waals surface area contributed by atoms with Crippen molar-refractivity contribution in [3.63, 3.8) is 0 Å². The van der Waals surface area contributed by atoms with E-state index in [9.17, 15) is 0 Å². The average molecular weight is 311 g/mol. The molecule has 0 aromatic carbocycles. The Morgan fingerprint density at radius 3 is 2.94 bits per heavy atom. The molecule has 2 unspecified atom stereocenters. The van der Waals surface area contributed by atoms with Gasteiger partial charge in [-0.1, -0.05) is 13.3 Å². The quantitative estimate of drug-likeness (QED) is 0.808. The number of hydrogen-bond acceptors (Lipinski definition) is 2. The van der Waals surface area contributed by atoms with Crippen molar-refractivity contribution in [2.75, 3.05) is 13.1 Å². The van der Waals surface area contributed by atoms with E-state index in [0.29, 0.717) is 0 Å². The van der Waals surface area contributed by atoms with Gasteiger partial charge in [0.15, 0.2) is 0 Å². The summed E-state index contributed by atoms with van der Waals surface area (Å²) in [5, 5.41) is 3.58. The monoisotopic (exact) mass is 310 g/mol. The van der Waals surface area contributed by atoms with E-state index in [2.05, 4.69) is 39.2 Å². The summed E-state index contributed by atoms with van der Waals surface area (Å²) in [5.74, 6) is 1.70. The smallest absolute Gasteiger partial charge is 0.0410 e. The van der Waals surface area contributed by atoms with Crippen LogP contribution in [0.25, 0.3) is 0 Å². The number of hydrogen-bond donors (Lipinski definition) is 1. The molecule has 1 fully saturated rings. The summed E-state index contributed by atoms with van der Waals surface area (Å²) in [6.45, 7) is 4.58. The van der Waals surface area contributed by atoms with Crippen molar-refractivity contribution in [3.05, 3.63) is 28.5 Å². The summed E-state index contributed by atoms with van der Waals surface area (Å²) in [6.07, 6.45) is 10.5. The van der Waals surface area contributed by atoms with Gasteiger partial charge in [-0.2, -0.15) is 0 Å². The summed E-state index contributed by atoms with van der Waals surface area (Å²) in [4.78, 5) is 4.26.